The third-order valence-electron chi connectivity index (χ3n) is 3.40. The van der Waals surface area contributed by atoms with E-state index >= 15 is 0 Å². The van der Waals surface area contributed by atoms with Gasteiger partial charge in [0, 0.05) is 16.8 Å². The van der Waals surface area contributed by atoms with Gasteiger partial charge in [-0.3, -0.25) is 0 Å². The molecule has 2 nitrogen and oxygen atoms in total. The molecule has 0 fully saturated rings. The largest absolute Gasteiger partial charge is 0.416 e. The first-order valence-electron chi connectivity index (χ1n) is 6.75. The summed E-state index contributed by atoms with van der Waals surface area (Å²) in [5, 5.41) is 0. The SMILES string of the molecule is Cc1[nH]c(-c2ccccc2)nc1-c1cccc(C(F)(F)F)c1. The van der Waals surface area contributed by atoms with Gasteiger partial charge in [0.05, 0.1) is 11.3 Å². The van der Waals surface area contributed by atoms with Crippen molar-refractivity contribution in [3.05, 3.63) is 65.9 Å². The third kappa shape index (κ3) is 2.74. The fourth-order valence-corrected chi connectivity index (χ4v) is 2.32. The van der Waals surface area contributed by atoms with Gasteiger partial charge in [0.15, 0.2) is 0 Å². The Hall–Kier alpha value is -2.56. The number of nitrogens with zero attached hydrogens (tertiary/aromatic N) is 1. The molecule has 112 valence electrons. The maximum absolute atomic E-state index is 12.8. The lowest BCUT2D eigenvalue weighted by atomic mass is 10.1. The molecule has 0 aliphatic heterocycles. The molecule has 0 spiro atoms. The smallest absolute Gasteiger partial charge is 0.342 e. The molecule has 0 atom stereocenters. The van der Waals surface area contributed by atoms with Gasteiger partial charge >= 0.3 is 6.18 Å². The molecule has 0 radical (unpaired) electrons. The molecule has 3 aromatic rings. The molecule has 1 heterocycles. The van der Waals surface area contributed by atoms with E-state index in [-0.39, 0.29) is 0 Å². The molecule has 5 heteroatoms. The van der Waals surface area contributed by atoms with Crippen LogP contribution >= 0.6 is 0 Å². The van der Waals surface area contributed by atoms with Crippen molar-refractivity contribution in [1.82, 2.24) is 9.97 Å². The van der Waals surface area contributed by atoms with E-state index in [1.54, 1.807) is 13.0 Å². The summed E-state index contributed by atoms with van der Waals surface area (Å²) < 4.78 is 38.5. The van der Waals surface area contributed by atoms with Crippen molar-refractivity contribution in [2.24, 2.45) is 0 Å². The predicted molar refractivity (Wildman–Crippen MR) is 79.2 cm³/mol. The van der Waals surface area contributed by atoms with Crippen LogP contribution in [0.5, 0.6) is 0 Å². The molecule has 0 saturated carbocycles. The number of nitrogens with one attached hydrogen (secondary N) is 1. The van der Waals surface area contributed by atoms with Crippen LogP contribution in [0.3, 0.4) is 0 Å². The van der Waals surface area contributed by atoms with Gasteiger partial charge in [0.1, 0.15) is 5.82 Å². The first kappa shape index (κ1) is 14.4. The van der Waals surface area contributed by atoms with Crippen molar-refractivity contribution in [3.8, 4) is 22.6 Å². The number of rotatable bonds is 2. The first-order valence-corrected chi connectivity index (χ1v) is 6.75. The van der Waals surface area contributed by atoms with Gasteiger partial charge < -0.3 is 4.98 Å². The Morgan fingerprint density at radius 2 is 1.59 bits per heavy atom. The Balaban J connectivity index is 2.05. The number of aromatic amines is 1. The van der Waals surface area contributed by atoms with E-state index < -0.39 is 11.7 Å². The van der Waals surface area contributed by atoms with E-state index in [9.17, 15) is 13.2 Å². The summed E-state index contributed by atoms with van der Waals surface area (Å²) >= 11 is 0. The first-order chi connectivity index (χ1) is 10.4. The Bertz CT molecular complexity index is 789. The second-order valence-corrected chi connectivity index (χ2v) is 5.00. The molecule has 1 aromatic heterocycles. The normalized spacial score (nSPS) is 11.6. The number of aryl methyl sites for hydroxylation is 1. The average molecular weight is 302 g/mol. The predicted octanol–water partition coefficient (Wildman–Crippen LogP) is 5.07. The number of hydrogen-bond acceptors (Lipinski definition) is 1. The van der Waals surface area contributed by atoms with Crippen LogP contribution in [-0.4, -0.2) is 9.97 Å². The van der Waals surface area contributed by atoms with E-state index in [2.05, 4.69) is 9.97 Å². The summed E-state index contributed by atoms with van der Waals surface area (Å²) in [6.07, 6.45) is -4.36. The minimum Gasteiger partial charge on any atom is -0.342 e. The Kier molecular flexibility index (Phi) is 3.48. The van der Waals surface area contributed by atoms with Crippen LogP contribution in [0.4, 0.5) is 13.2 Å². The molecule has 0 saturated heterocycles. The molecule has 3 rings (SSSR count). The van der Waals surface area contributed by atoms with Crippen LogP contribution < -0.4 is 0 Å². The van der Waals surface area contributed by atoms with E-state index in [0.29, 0.717) is 17.1 Å². The van der Waals surface area contributed by atoms with E-state index in [0.717, 1.165) is 23.4 Å². The average Bonchev–Trinajstić information content (AvgIpc) is 2.89. The van der Waals surface area contributed by atoms with Crippen LogP contribution in [0.1, 0.15) is 11.3 Å². The topological polar surface area (TPSA) is 28.7 Å². The van der Waals surface area contributed by atoms with E-state index in [1.807, 2.05) is 30.3 Å². The Morgan fingerprint density at radius 1 is 0.909 bits per heavy atom. The molecule has 0 aliphatic carbocycles. The zero-order chi connectivity index (χ0) is 15.7. The zero-order valence-corrected chi connectivity index (χ0v) is 11.8. The van der Waals surface area contributed by atoms with Crippen LogP contribution in [0.25, 0.3) is 22.6 Å². The maximum atomic E-state index is 12.8. The van der Waals surface area contributed by atoms with Crippen LogP contribution in [0, 0.1) is 6.92 Å². The quantitative estimate of drug-likeness (QED) is 0.703. The monoisotopic (exact) mass is 302 g/mol. The van der Waals surface area contributed by atoms with Crippen LogP contribution in [0.2, 0.25) is 0 Å². The molecular formula is C17H13F3N2. The number of halogens is 3. The standard InChI is InChI=1S/C17H13F3N2/c1-11-15(13-8-5-9-14(10-13)17(18,19)20)22-16(21-11)12-6-3-2-4-7-12/h2-10H,1H3,(H,21,22). The summed E-state index contributed by atoms with van der Waals surface area (Å²) in [5.41, 5.74) is 1.94. The molecule has 0 unspecified atom stereocenters. The Labute approximate surface area is 125 Å². The second-order valence-electron chi connectivity index (χ2n) is 5.00. The number of imidazole rings is 1. The van der Waals surface area contributed by atoms with Gasteiger partial charge in [0.2, 0.25) is 0 Å². The summed E-state index contributed by atoms with van der Waals surface area (Å²) in [4.78, 5) is 7.58. The number of alkyl halides is 3. The van der Waals surface area contributed by atoms with Crippen molar-refractivity contribution < 1.29 is 13.2 Å². The molecule has 0 aliphatic rings. The number of aromatic nitrogens is 2. The van der Waals surface area contributed by atoms with Crippen LogP contribution in [-0.2, 0) is 6.18 Å². The minimum absolute atomic E-state index is 0.450. The van der Waals surface area contributed by atoms with Gasteiger partial charge in [-0.25, -0.2) is 4.98 Å². The Morgan fingerprint density at radius 3 is 2.27 bits per heavy atom. The van der Waals surface area contributed by atoms with Crippen molar-refractivity contribution in [1.29, 1.82) is 0 Å². The van der Waals surface area contributed by atoms with Gasteiger partial charge in [-0.2, -0.15) is 13.2 Å². The lowest BCUT2D eigenvalue weighted by Gasteiger charge is -2.07. The van der Waals surface area contributed by atoms with Gasteiger partial charge in [0.25, 0.3) is 0 Å². The number of benzene rings is 2. The fraction of sp³-hybridized carbons (Fsp3) is 0.118. The zero-order valence-electron chi connectivity index (χ0n) is 11.8. The highest BCUT2D eigenvalue weighted by Crippen LogP contribution is 2.33. The number of hydrogen-bond donors (Lipinski definition) is 1. The molecule has 2 aromatic carbocycles. The van der Waals surface area contributed by atoms with Crippen molar-refractivity contribution in [3.63, 3.8) is 0 Å². The van der Waals surface area contributed by atoms with Gasteiger partial charge in [-0.05, 0) is 19.1 Å². The third-order valence-corrected chi connectivity index (χ3v) is 3.40. The highest BCUT2D eigenvalue weighted by atomic mass is 19.4. The summed E-state index contributed by atoms with van der Waals surface area (Å²) in [6.45, 7) is 1.80. The summed E-state index contributed by atoms with van der Waals surface area (Å²) in [5.74, 6) is 0.644. The number of H-pyrrole nitrogens is 1. The molecule has 22 heavy (non-hydrogen) atoms. The highest BCUT2D eigenvalue weighted by Gasteiger charge is 2.30. The van der Waals surface area contributed by atoms with Crippen molar-refractivity contribution in [2.75, 3.05) is 0 Å². The molecule has 1 N–H and O–H groups in total. The maximum Gasteiger partial charge on any atom is 0.416 e. The highest BCUT2D eigenvalue weighted by molar-refractivity contribution is 5.67. The van der Waals surface area contributed by atoms with E-state index in [1.165, 1.54) is 6.07 Å². The van der Waals surface area contributed by atoms with E-state index in [4.69, 9.17) is 0 Å². The molecule has 0 amide bonds. The molecule has 0 bridgehead atoms. The van der Waals surface area contributed by atoms with Crippen molar-refractivity contribution >= 4 is 0 Å². The van der Waals surface area contributed by atoms with Crippen LogP contribution in [0.15, 0.2) is 54.6 Å². The second kappa shape index (κ2) is 5.33. The summed E-state index contributed by atoms with van der Waals surface area (Å²) in [7, 11) is 0. The lowest BCUT2D eigenvalue weighted by Crippen LogP contribution is -2.04. The summed E-state index contributed by atoms with van der Waals surface area (Å²) in [6, 6.07) is 14.7. The van der Waals surface area contributed by atoms with Gasteiger partial charge in [-0.1, -0.05) is 42.5 Å². The minimum atomic E-state index is -4.36. The van der Waals surface area contributed by atoms with Crippen molar-refractivity contribution in [2.45, 2.75) is 13.1 Å². The molecular weight excluding hydrogens is 289 g/mol. The lowest BCUT2D eigenvalue weighted by molar-refractivity contribution is -0.137. The van der Waals surface area contributed by atoms with Gasteiger partial charge in [-0.15, -0.1) is 0 Å². The fourth-order valence-electron chi connectivity index (χ4n) is 2.32.